The van der Waals surface area contributed by atoms with Crippen LogP contribution in [0, 0.1) is 0 Å². The summed E-state index contributed by atoms with van der Waals surface area (Å²) in [6.45, 7) is 1.96. The van der Waals surface area contributed by atoms with Gasteiger partial charge in [-0.05, 0) is 37.1 Å². The lowest BCUT2D eigenvalue weighted by Gasteiger charge is -2.54. The van der Waals surface area contributed by atoms with Gasteiger partial charge < -0.3 is 0 Å². The SMILES string of the molecule is O=S1(=O)CC(c2ccccc2)(N2CCCC2)C1c1ccccc1. The van der Waals surface area contributed by atoms with Crippen molar-refractivity contribution < 1.29 is 8.42 Å². The van der Waals surface area contributed by atoms with Crippen LogP contribution in [0.15, 0.2) is 60.7 Å². The lowest BCUT2D eigenvalue weighted by atomic mass is 9.82. The zero-order valence-electron chi connectivity index (χ0n) is 13.1. The van der Waals surface area contributed by atoms with Gasteiger partial charge in [0.2, 0.25) is 0 Å². The minimum atomic E-state index is -3.11. The molecule has 0 aliphatic carbocycles. The lowest BCUT2D eigenvalue weighted by molar-refractivity contribution is 0.110. The standard InChI is InChI=1S/C19H21NO2S/c21-23(22)15-19(20-13-7-8-14-20,17-11-5-2-6-12-17)18(23)16-9-3-1-4-10-16/h1-6,9-12,18H,7-8,13-15H2. The molecule has 0 spiro atoms. The number of sulfone groups is 1. The van der Waals surface area contributed by atoms with Gasteiger partial charge in [-0.2, -0.15) is 0 Å². The fourth-order valence-corrected chi connectivity index (χ4v) is 6.82. The molecule has 2 aliphatic rings. The predicted molar refractivity (Wildman–Crippen MR) is 91.9 cm³/mol. The molecule has 0 radical (unpaired) electrons. The molecule has 4 rings (SSSR count). The lowest BCUT2D eigenvalue weighted by Crippen LogP contribution is -2.63. The van der Waals surface area contributed by atoms with E-state index in [9.17, 15) is 8.42 Å². The zero-order chi connectivity index (χ0) is 15.9. The third-order valence-electron chi connectivity index (χ3n) is 5.26. The molecule has 0 amide bonds. The van der Waals surface area contributed by atoms with Crippen molar-refractivity contribution in [2.24, 2.45) is 0 Å². The Labute approximate surface area is 137 Å². The molecule has 2 fully saturated rings. The van der Waals surface area contributed by atoms with Crippen molar-refractivity contribution >= 4 is 9.84 Å². The van der Waals surface area contributed by atoms with Crippen molar-refractivity contribution in [2.45, 2.75) is 23.6 Å². The van der Waals surface area contributed by atoms with Gasteiger partial charge in [0.15, 0.2) is 9.84 Å². The zero-order valence-corrected chi connectivity index (χ0v) is 13.9. The van der Waals surface area contributed by atoms with Gasteiger partial charge in [-0.1, -0.05) is 60.7 Å². The summed E-state index contributed by atoms with van der Waals surface area (Å²) in [5.74, 6) is 0.226. The van der Waals surface area contributed by atoms with E-state index in [1.807, 2.05) is 48.5 Å². The quantitative estimate of drug-likeness (QED) is 0.869. The smallest absolute Gasteiger partial charge is 0.161 e. The molecule has 0 N–H and O–H groups in total. The van der Waals surface area contributed by atoms with Crippen molar-refractivity contribution in [3.63, 3.8) is 0 Å². The number of hydrogen-bond acceptors (Lipinski definition) is 3. The van der Waals surface area contributed by atoms with E-state index in [0.29, 0.717) is 0 Å². The van der Waals surface area contributed by atoms with Gasteiger partial charge in [-0.3, -0.25) is 4.90 Å². The van der Waals surface area contributed by atoms with E-state index < -0.39 is 20.6 Å². The van der Waals surface area contributed by atoms with Crippen LogP contribution in [0.2, 0.25) is 0 Å². The van der Waals surface area contributed by atoms with E-state index in [1.165, 1.54) is 0 Å². The Morgan fingerprint density at radius 1 is 0.870 bits per heavy atom. The first-order valence-corrected chi connectivity index (χ1v) is 9.93. The Balaban J connectivity index is 1.89. The molecule has 2 heterocycles. The Morgan fingerprint density at radius 2 is 1.43 bits per heavy atom. The monoisotopic (exact) mass is 327 g/mol. The fourth-order valence-electron chi connectivity index (χ4n) is 4.29. The largest absolute Gasteiger partial charge is 0.291 e. The van der Waals surface area contributed by atoms with E-state index in [2.05, 4.69) is 17.0 Å². The number of benzene rings is 2. The van der Waals surface area contributed by atoms with Crippen LogP contribution >= 0.6 is 0 Å². The summed E-state index contributed by atoms with van der Waals surface area (Å²) in [5, 5.41) is -0.461. The molecule has 120 valence electrons. The highest BCUT2D eigenvalue weighted by atomic mass is 32.2. The molecular formula is C19H21NO2S. The Bertz CT molecular complexity index is 783. The summed E-state index contributed by atoms with van der Waals surface area (Å²) in [6.07, 6.45) is 2.30. The third kappa shape index (κ3) is 2.24. The van der Waals surface area contributed by atoms with Crippen molar-refractivity contribution in [1.29, 1.82) is 0 Å². The second-order valence-corrected chi connectivity index (χ2v) is 8.67. The van der Waals surface area contributed by atoms with Crippen LogP contribution in [0.4, 0.5) is 0 Å². The Kier molecular flexibility index (Phi) is 3.54. The van der Waals surface area contributed by atoms with Crippen LogP contribution < -0.4 is 0 Å². The first-order chi connectivity index (χ1) is 11.1. The average Bonchev–Trinajstić information content (AvgIpc) is 3.09. The van der Waals surface area contributed by atoms with Gasteiger partial charge in [0, 0.05) is 0 Å². The molecular weight excluding hydrogens is 306 g/mol. The molecule has 0 bridgehead atoms. The van der Waals surface area contributed by atoms with Gasteiger partial charge >= 0.3 is 0 Å². The summed E-state index contributed by atoms with van der Waals surface area (Å²) in [5.41, 5.74) is 1.64. The van der Waals surface area contributed by atoms with Gasteiger partial charge in [0.05, 0.1) is 11.3 Å². The minimum absolute atomic E-state index is 0.226. The molecule has 2 saturated heterocycles. The maximum atomic E-state index is 12.7. The minimum Gasteiger partial charge on any atom is -0.291 e. The number of rotatable bonds is 3. The highest BCUT2D eigenvalue weighted by Crippen LogP contribution is 2.55. The summed E-state index contributed by atoms with van der Waals surface area (Å²) in [7, 11) is -3.11. The molecule has 2 aliphatic heterocycles. The maximum Gasteiger partial charge on any atom is 0.161 e. The Hall–Kier alpha value is -1.65. The van der Waals surface area contributed by atoms with E-state index in [-0.39, 0.29) is 5.75 Å². The van der Waals surface area contributed by atoms with Crippen molar-refractivity contribution in [1.82, 2.24) is 4.90 Å². The van der Waals surface area contributed by atoms with Crippen molar-refractivity contribution in [3.8, 4) is 0 Å². The highest BCUT2D eigenvalue weighted by Gasteiger charge is 2.63. The summed E-state index contributed by atoms with van der Waals surface area (Å²) in [6, 6.07) is 19.9. The van der Waals surface area contributed by atoms with Gasteiger partial charge in [-0.15, -0.1) is 0 Å². The van der Waals surface area contributed by atoms with Crippen LogP contribution in [0.5, 0.6) is 0 Å². The normalized spacial score (nSPS) is 30.0. The highest BCUT2D eigenvalue weighted by molar-refractivity contribution is 7.93. The van der Waals surface area contributed by atoms with Crippen LogP contribution in [-0.4, -0.2) is 32.2 Å². The van der Waals surface area contributed by atoms with E-state index in [4.69, 9.17) is 0 Å². The van der Waals surface area contributed by atoms with Gasteiger partial charge in [0.25, 0.3) is 0 Å². The van der Waals surface area contributed by atoms with Gasteiger partial charge in [0.1, 0.15) is 5.25 Å². The van der Waals surface area contributed by atoms with Crippen LogP contribution in [0.25, 0.3) is 0 Å². The Morgan fingerprint density at radius 3 is 2.00 bits per heavy atom. The first kappa shape index (κ1) is 14.9. The van der Waals surface area contributed by atoms with Crippen molar-refractivity contribution in [3.05, 3.63) is 71.8 Å². The van der Waals surface area contributed by atoms with Crippen LogP contribution in [0.1, 0.15) is 29.2 Å². The summed E-state index contributed by atoms with van der Waals surface area (Å²) in [4.78, 5) is 2.40. The molecule has 2 aromatic rings. The molecule has 23 heavy (non-hydrogen) atoms. The molecule has 4 heteroatoms. The molecule has 2 aromatic carbocycles. The predicted octanol–water partition coefficient (Wildman–Crippen LogP) is 3.15. The van der Waals surface area contributed by atoms with E-state index in [1.54, 1.807) is 0 Å². The second kappa shape index (κ2) is 5.46. The van der Waals surface area contributed by atoms with E-state index >= 15 is 0 Å². The third-order valence-corrected chi connectivity index (χ3v) is 7.48. The fraction of sp³-hybridized carbons (Fsp3) is 0.368. The number of likely N-dealkylation sites (tertiary alicyclic amines) is 1. The summed E-state index contributed by atoms with van der Waals surface area (Å²) < 4.78 is 25.5. The summed E-state index contributed by atoms with van der Waals surface area (Å²) >= 11 is 0. The molecule has 2 atom stereocenters. The maximum absolute atomic E-state index is 12.7. The van der Waals surface area contributed by atoms with Crippen LogP contribution in [0.3, 0.4) is 0 Å². The van der Waals surface area contributed by atoms with Gasteiger partial charge in [-0.25, -0.2) is 8.42 Å². The topological polar surface area (TPSA) is 37.4 Å². The second-order valence-electron chi connectivity index (χ2n) is 6.58. The van der Waals surface area contributed by atoms with Crippen LogP contribution in [-0.2, 0) is 15.4 Å². The molecule has 3 nitrogen and oxygen atoms in total. The van der Waals surface area contributed by atoms with Crippen molar-refractivity contribution in [2.75, 3.05) is 18.8 Å². The van der Waals surface area contributed by atoms with E-state index in [0.717, 1.165) is 37.1 Å². The number of nitrogens with zero attached hydrogens (tertiary/aromatic N) is 1. The molecule has 2 unspecified atom stereocenters. The molecule has 0 aromatic heterocycles. The molecule has 0 saturated carbocycles. The first-order valence-electron chi connectivity index (χ1n) is 8.22. The number of hydrogen-bond donors (Lipinski definition) is 0. The average molecular weight is 327 g/mol.